The van der Waals surface area contributed by atoms with Crippen LogP contribution in [0.15, 0.2) is 6.07 Å². The minimum absolute atomic E-state index is 0.0141. The SMILES string of the molecule is COc1cc(C#N)c(N2CCCCC2)c(C#N)c1OC(=O)O. The number of nitriles is 2. The second-order valence-electron chi connectivity index (χ2n) is 4.82. The number of piperidine rings is 1. The van der Waals surface area contributed by atoms with Crippen LogP contribution in [0.3, 0.4) is 0 Å². The Morgan fingerprint density at radius 3 is 2.45 bits per heavy atom. The van der Waals surface area contributed by atoms with Gasteiger partial charge in [-0.15, -0.1) is 0 Å². The molecule has 0 unspecified atom stereocenters. The lowest BCUT2D eigenvalue weighted by molar-refractivity contribution is 0.142. The summed E-state index contributed by atoms with van der Waals surface area (Å²) in [5.74, 6) is -0.117. The summed E-state index contributed by atoms with van der Waals surface area (Å²) in [4.78, 5) is 12.8. The first kappa shape index (κ1) is 15.5. The Bertz CT molecular complexity index is 667. The number of ether oxygens (including phenoxy) is 2. The van der Waals surface area contributed by atoms with Crippen LogP contribution >= 0.6 is 0 Å². The van der Waals surface area contributed by atoms with Crippen molar-refractivity contribution in [3.63, 3.8) is 0 Å². The summed E-state index contributed by atoms with van der Waals surface area (Å²) >= 11 is 0. The molecule has 0 spiro atoms. The zero-order valence-corrected chi connectivity index (χ0v) is 12.1. The Kier molecular flexibility index (Phi) is 4.70. The van der Waals surface area contributed by atoms with Crippen LogP contribution in [0.2, 0.25) is 0 Å². The van der Waals surface area contributed by atoms with E-state index in [9.17, 15) is 15.3 Å². The molecule has 0 aromatic heterocycles. The van der Waals surface area contributed by atoms with Crippen LogP contribution in [0.5, 0.6) is 11.5 Å². The van der Waals surface area contributed by atoms with Gasteiger partial charge in [0.05, 0.1) is 18.4 Å². The molecule has 0 aliphatic carbocycles. The molecule has 1 aromatic rings. The van der Waals surface area contributed by atoms with Gasteiger partial charge >= 0.3 is 6.16 Å². The summed E-state index contributed by atoms with van der Waals surface area (Å²) in [6, 6.07) is 5.41. The third kappa shape index (κ3) is 2.89. The van der Waals surface area contributed by atoms with Gasteiger partial charge in [0.15, 0.2) is 11.5 Å². The fourth-order valence-corrected chi connectivity index (χ4v) is 2.61. The molecule has 7 heteroatoms. The van der Waals surface area contributed by atoms with Crippen molar-refractivity contribution in [2.45, 2.75) is 19.3 Å². The first-order chi connectivity index (χ1) is 10.6. The van der Waals surface area contributed by atoms with Crippen LogP contribution in [-0.2, 0) is 0 Å². The van der Waals surface area contributed by atoms with E-state index in [1.165, 1.54) is 13.2 Å². The van der Waals surface area contributed by atoms with Crippen molar-refractivity contribution in [3.05, 3.63) is 17.2 Å². The Labute approximate surface area is 127 Å². The quantitative estimate of drug-likeness (QED) is 0.675. The summed E-state index contributed by atoms with van der Waals surface area (Å²) in [5.41, 5.74) is 0.704. The van der Waals surface area contributed by atoms with Crippen molar-refractivity contribution in [1.82, 2.24) is 0 Å². The molecule has 0 atom stereocenters. The van der Waals surface area contributed by atoms with E-state index >= 15 is 0 Å². The summed E-state index contributed by atoms with van der Waals surface area (Å²) in [6.45, 7) is 1.42. The van der Waals surface area contributed by atoms with Crippen LogP contribution < -0.4 is 14.4 Å². The largest absolute Gasteiger partial charge is 0.511 e. The van der Waals surface area contributed by atoms with Crippen molar-refractivity contribution in [2.75, 3.05) is 25.1 Å². The standard InChI is InChI=1S/C15H15N3O4/c1-21-12-7-10(8-16)13(18-5-3-2-4-6-18)11(9-17)14(12)22-15(19)20/h7H,2-6H2,1H3,(H,19,20). The van der Waals surface area contributed by atoms with E-state index in [2.05, 4.69) is 0 Å². The monoisotopic (exact) mass is 301 g/mol. The average Bonchev–Trinajstić information content (AvgIpc) is 2.54. The topological polar surface area (TPSA) is 107 Å². The number of benzene rings is 1. The zero-order valence-electron chi connectivity index (χ0n) is 12.1. The number of hydrogen-bond acceptors (Lipinski definition) is 6. The summed E-state index contributed by atoms with van der Waals surface area (Å²) in [7, 11) is 1.33. The molecule has 1 N–H and O–H groups in total. The number of anilines is 1. The highest BCUT2D eigenvalue weighted by molar-refractivity contribution is 5.78. The smallest absolute Gasteiger partial charge is 0.493 e. The molecule has 0 saturated carbocycles. The molecule has 22 heavy (non-hydrogen) atoms. The highest BCUT2D eigenvalue weighted by atomic mass is 16.7. The van der Waals surface area contributed by atoms with Gasteiger partial charge in [0.2, 0.25) is 0 Å². The molecule has 1 fully saturated rings. The number of rotatable bonds is 3. The van der Waals surface area contributed by atoms with E-state index in [1.807, 2.05) is 17.0 Å². The molecular formula is C15H15N3O4. The fourth-order valence-electron chi connectivity index (χ4n) is 2.61. The van der Waals surface area contributed by atoms with Gasteiger partial charge in [0, 0.05) is 19.2 Å². The lowest BCUT2D eigenvalue weighted by Crippen LogP contribution is -2.31. The Hall–Kier alpha value is -2.93. The zero-order chi connectivity index (χ0) is 16.1. The first-order valence-electron chi connectivity index (χ1n) is 6.83. The molecule has 1 saturated heterocycles. The van der Waals surface area contributed by atoms with E-state index in [-0.39, 0.29) is 22.6 Å². The molecule has 1 heterocycles. The molecule has 0 bridgehead atoms. The minimum atomic E-state index is -1.54. The van der Waals surface area contributed by atoms with Gasteiger partial charge < -0.3 is 19.5 Å². The Morgan fingerprint density at radius 2 is 1.95 bits per heavy atom. The second kappa shape index (κ2) is 6.68. The van der Waals surface area contributed by atoms with Gasteiger partial charge in [-0.2, -0.15) is 10.5 Å². The van der Waals surface area contributed by atoms with Gasteiger partial charge in [-0.25, -0.2) is 4.79 Å². The summed E-state index contributed by atoms with van der Waals surface area (Å²) in [6.07, 6.45) is 1.46. The molecule has 2 rings (SSSR count). The maximum absolute atomic E-state index is 10.9. The highest BCUT2D eigenvalue weighted by Gasteiger charge is 2.26. The van der Waals surface area contributed by atoms with Gasteiger partial charge in [-0.1, -0.05) is 0 Å². The van der Waals surface area contributed by atoms with E-state index < -0.39 is 6.16 Å². The minimum Gasteiger partial charge on any atom is -0.493 e. The number of nitrogens with zero attached hydrogens (tertiary/aromatic N) is 3. The predicted molar refractivity (Wildman–Crippen MR) is 77.1 cm³/mol. The Balaban J connectivity index is 2.66. The van der Waals surface area contributed by atoms with Crippen LogP contribution in [0.4, 0.5) is 10.5 Å². The van der Waals surface area contributed by atoms with Crippen LogP contribution in [-0.4, -0.2) is 31.5 Å². The van der Waals surface area contributed by atoms with Crippen molar-refractivity contribution in [1.29, 1.82) is 10.5 Å². The average molecular weight is 301 g/mol. The van der Waals surface area contributed by atoms with Crippen molar-refractivity contribution in [3.8, 4) is 23.6 Å². The fraction of sp³-hybridized carbons (Fsp3) is 0.400. The number of carbonyl (C=O) groups is 1. The van der Waals surface area contributed by atoms with Crippen LogP contribution in [0.1, 0.15) is 30.4 Å². The molecular weight excluding hydrogens is 286 g/mol. The third-order valence-electron chi connectivity index (χ3n) is 3.53. The predicted octanol–water partition coefficient (Wildman–Crippen LogP) is 2.49. The maximum Gasteiger partial charge on any atom is 0.511 e. The van der Waals surface area contributed by atoms with Crippen molar-refractivity contribution in [2.24, 2.45) is 0 Å². The van der Waals surface area contributed by atoms with Gasteiger partial charge in [-0.05, 0) is 19.3 Å². The summed E-state index contributed by atoms with van der Waals surface area (Å²) < 4.78 is 9.79. The lowest BCUT2D eigenvalue weighted by atomic mass is 10.0. The molecule has 0 amide bonds. The van der Waals surface area contributed by atoms with Crippen molar-refractivity contribution >= 4 is 11.8 Å². The van der Waals surface area contributed by atoms with Gasteiger partial charge in [0.25, 0.3) is 0 Å². The third-order valence-corrected chi connectivity index (χ3v) is 3.53. The van der Waals surface area contributed by atoms with E-state index in [1.54, 1.807) is 0 Å². The second-order valence-corrected chi connectivity index (χ2v) is 4.82. The van der Waals surface area contributed by atoms with Crippen LogP contribution in [0.25, 0.3) is 0 Å². The molecule has 1 aliphatic heterocycles. The number of hydrogen-bond donors (Lipinski definition) is 1. The number of methoxy groups -OCH3 is 1. The normalized spacial score (nSPS) is 13.9. The maximum atomic E-state index is 10.9. The Morgan fingerprint density at radius 1 is 1.27 bits per heavy atom. The first-order valence-corrected chi connectivity index (χ1v) is 6.83. The molecule has 1 aromatic carbocycles. The van der Waals surface area contributed by atoms with Gasteiger partial charge in [-0.3, -0.25) is 0 Å². The van der Waals surface area contributed by atoms with Gasteiger partial charge in [0.1, 0.15) is 17.7 Å². The number of carboxylic acid groups (broad SMARTS) is 1. The lowest BCUT2D eigenvalue weighted by Gasteiger charge is -2.30. The van der Waals surface area contributed by atoms with E-state index in [4.69, 9.17) is 14.6 Å². The highest BCUT2D eigenvalue weighted by Crippen LogP contribution is 2.41. The van der Waals surface area contributed by atoms with Crippen molar-refractivity contribution < 1.29 is 19.4 Å². The molecule has 114 valence electrons. The molecule has 0 radical (unpaired) electrons. The molecule has 7 nitrogen and oxygen atoms in total. The van der Waals surface area contributed by atoms with Crippen LogP contribution in [0, 0.1) is 22.7 Å². The van der Waals surface area contributed by atoms with E-state index in [0.717, 1.165) is 19.3 Å². The molecule has 1 aliphatic rings. The van der Waals surface area contributed by atoms with E-state index in [0.29, 0.717) is 18.8 Å². The summed E-state index contributed by atoms with van der Waals surface area (Å²) in [5, 5.41) is 27.7.